The van der Waals surface area contributed by atoms with Gasteiger partial charge in [-0.2, -0.15) is 0 Å². The van der Waals surface area contributed by atoms with Gasteiger partial charge in [-0.05, 0) is 50.1 Å². The van der Waals surface area contributed by atoms with Crippen LogP contribution in [0.25, 0.3) is 0 Å². The van der Waals surface area contributed by atoms with Crippen LogP contribution in [0.1, 0.15) is 25.3 Å². The smallest absolute Gasteiger partial charge is 0.410 e. The van der Waals surface area contributed by atoms with E-state index in [1.165, 1.54) is 0 Å². The third kappa shape index (κ3) is 6.90. The summed E-state index contributed by atoms with van der Waals surface area (Å²) in [6.07, 6.45) is 0.799. The summed E-state index contributed by atoms with van der Waals surface area (Å²) in [4.78, 5) is 60.3. The van der Waals surface area contributed by atoms with Crippen molar-refractivity contribution in [1.82, 2.24) is 10.2 Å². The molecule has 0 saturated carbocycles. The number of halogens is 1. The van der Waals surface area contributed by atoms with E-state index in [-0.39, 0.29) is 25.0 Å². The molecule has 11 heteroatoms. The number of hydrogen-bond donors (Lipinski definition) is 3. The number of hydrogen-bond acceptors (Lipinski definition) is 7. The monoisotopic (exact) mass is 498 g/mol. The van der Waals surface area contributed by atoms with Crippen molar-refractivity contribution in [2.45, 2.75) is 32.7 Å². The van der Waals surface area contributed by atoms with Gasteiger partial charge in [0.15, 0.2) is 0 Å². The highest BCUT2D eigenvalue weighted by Crippen LogP contribution is 2.22. The number of nitrogens with zero attached hydrogens (tertiary/aromatic N) is 1. The van der Waals surface area contributed by atoms with Gasteiger partial charge in [-0.25, -0.2) is 4.79 Å². The molecule has 2 aromatic carbocycles. The van der Waals surface area contributed by atoms with Crippen LogP contribution >= 0.6 is 11.6 Å². The van der Waals surface area contributed by atoms with Crippen molar-refractivity contribution < 1.29 is 28.7 Å². The van der Waals surface area contributed by atoms with Gasteiger partial charge in [0.05, 0.1) is 0 Å². The van der Waals surface area contributed by atoms with Crippen LogP contribution in [0.3, 0.4) is 0 Å². The molecule has 0 radical (unpaired) electrons. The van der Waals surface area contributed by atoms with Crippen molar-refractivity contribution in [3.8, 4) is 5.75 Å². The van der Waals surface area contributed by atoms with Gasteiger partial charge >= 0.3 is 6.09 Å². The maximum Gasteiger partial charge on any atom is 0.417 e. The van der Waals surface area contributed by atoms with Crippen molar-refractivity contribution in [1.29, 1.82) is 0 Å². The summed E-state index contributed by atoms with van der Waals surface area (Å²) in [6, 6.07) is 10.5. The first-order valence-electron chi connectivity index (χ1n) is 10.6. The second-order valence-corrected chi connectivity index (χ2v) is 8.18. The molecular weight excluding hydrogens is 476 g/mol. The standard InChI is InChI=1S/C24H23ClN4O6/c1-14-6-7-17(12-19(14)25)27-24(34)35-18-5-3-4-16(11-18)26-15(2)10-22(32)29(13-30)20-8-9-21(31)28-23(20)33/h3-7,10-13,20,26H,8-9H2,1-2H3,(H,27,34)(H,28,31,33)/b15-10+. The molecule has 0 aromatic heterocycles. The molecule has 1 fully saturated rings. The zero-order valence-electron chi connectivity index (χ0n) is 19.0. The van der Waals surface area contributed by atoms with Gasteiger partial charge in [0.2, 0.25) is 18.2 Å². The molecule has 1 atom stereocenters. The highest BCUT2D eigenvalue weighted by atomic mass is 35.5. The van der Waals surface area contributed by atoms with Crippen LogP contribution < -0.4 is 20.7 Å². The molecule has 182 valence electrons. The Morgan fingerprint density at radius 1 is 1.14 bits per heavy atom. The third-order valence-corrected chi connectivity index (χ3v) is 5.47. The van der Waals surface area contributed by atoms with Crippen molar-refractivity contribution in [3.63, 3.8) is 0 Å². The molecule has 1 saturated heterocycles. The van der Waals surface area contributed by atoms with Crippen molar-refractivity contribution in [3.05, 3.63) is 64.8 Å². The zero-order valence-corrected chi connectivity index (χ0v) is 19.7. The van der Waals surface area contributed by atoms with Crippen LogP contribution in [0.5, 0.6) is 5.75 Å². The molecule has 1 aliphatic rings. The lowest BCUT2D eigenvalue weighted by atomic mass is 10.0. The average Bonchev–Trinajstić information content (AvgIpc) is 2.78. The van der Waals surface area contributed by atoms with Crippen molar-refractivity contribution in [2.24, 2.45) is 0 Å². The molecular formula is C24H23ClN4O6. The molecule has 10 nitrogen and oxygen atoms in total. The van der Waals surface area contributed by atoms with Gasteiger partial charge < -0.3 is 10.1 Å². The minimum absolute atomic E-state index is 0.0340. The number of carbonyl (C=O) groups is 5. The predicted molar refractivity (Wildman–Crippen MR) is 129 cm³/mol. The van der Waals surface area contributed by atoms with E-state index in [9.17, 15) is 24.0 Å². The molecule has 2 aromatic rings. The van der Waals surface area contributed by atoms with Gasteiger partial charge in [0.25, 0.3) is 5.91 Å². The van der Waals surface area contributed by atoms with Gasteiger partial charge in [0, 0.05) is 40.7 Å². The molecule has 0 bridgehead atoms. The largest absolute Gasteiger partial charge is 0.417 e. The minimum Gasteiger partial charge on any atom is -0.410 e. The Morgan fingerprint density at radius 2 is 1.89 bits per heavy atom. The molecule has 1 aliphatic heterocycles. The summed E-state index contributed by atoms with van der Waals surface area (Å²) in [5, 5.41) is 8.18. The van der Waals surface area contributed by atoms with E-state index >= 15 is 0 Å². The van der Waals surface area contributed by atoms with Gasteiger partial charge in [-0.1, -0.05) is 23.7 Å². The number of amides is 5. The molecule has 3 N–H and O–H groups in total. The van der Waals surface area contributed by atoms with E-state index in [0.717, 1.165) is 16.5 Å². The van der Waals surface area contributed by atoms with E-state index in [1.807, 2.05) is 6.92 Å². The molecule has 0 spiro atoms. The topological polar surface area (TPSA) is 134 Å². The fourth-order valence-electron chi connectivity index (χ4n) is 3.31. The maximum absolute atomic E-state index is 12.6. The average molecular weight is 499 g/mol. The summed E-state index contributed by atoms with van der Waals surface area (Å²) in [5.74, 6) is -1.63. The number of carbonyl (C=O) groups excluding carboxylic acids is 5. The van der Waals surface area contributed by atoms with E-state index in [4.69, 9.17) is 16.3 Å². The normalized spacial score (nSPS) is 15.6. The zero-order chi connectivity index (χ0) is 25.5. The number of aryl methyl sites for hydroxylation is 1. The van der Waals surface area contributed by atoms with E-state index < -0.39 is 29.9 Å². The Bertz CT molecular complexity index is 1210. The molecule has 5 amide bonds. The summed E-state index contributed by atoms with van der Waals surface area (Å²) in [6.45, 7) is 3.44. The number of anilines is 2. The lowest BCUT2D eigenvalue weighted by Crippen LogP contribution is -2.53. The number of nitrogens with one attached hydrogen (secondary N) is 3. The summed E-state index contributed by atoms with van der Waals surface area (Å²) >= 11 is 6.06. The molecule has 1 unspecified atom stereocenters. The number of allylic oxidation sites excluding steroid dienone is 1. The van der Waals surface area contributed by atoms with Crippen molar-refractivity contribution in [2.75, 3.05) is 10.6 Å². The summed E-state index contributed by atoms with van der Waals surface area (Å²) in [5.41, 5.74) is 2.23. The fraction of sp³-hybridized carbons (Fsp3) is 0.208. The Labute approximate surface area is 206 Å². The quantitative estimate of drug-likeness (QED) is 0.302. The Hall–Kier alpha value is -4.18. The third-order valence-electron chi connectivity index (χ3n) is 5.06. The number of imide groups is 2. The Morgan fingerprint density at radius 3 is 2.57 bits per heavy atom. The first kappa shape index (κ1) is 25.4. The van der Waals surface area contributed by atoms with Gasteiger partial charge in [-0.3, -0.25) is 34.7 Å². The number of ether oxygens (including phenoxy) is 1. The lowest BCUT2D eigenvalue weighted by molar-refractivity contribution is -0.148. The van der Waals surface area contributed by atoms with Crippen LogP contribution in [0.15, 0.2) is 54.2 Å². The second-order valence-electron chi connectivity index (χ2n) is 7.78. The fourth-order valence-corrected chi connectivity index (χ4v) is 3.49. The SMILES string of the molecule is C/C(=C\C(=O)N(C=O)C1CCC(=O)NC1=O)Nc1cccc(OC(=O)Nc2ccc(C)c(Cl)c2)c1. The minimum atomic E-state index is -1.06. The summed E-state index contributed by atoms with van der Waals surface area (Å²) in [7, 11) is 0. The van der Waals surface area contributed by atoms with Gasteiger partial charge in [0.1, 0.15) is 11.8 Å². The van der Waals surface area contributed by atoms with E-state index in [0.29, 0.717) is 22.1 Å². The van der Waals surface area contributed by atoms with Crippen molar-refractivity contribution >= 4 is 53.2 Å². The number of benzene rings is 2. The van der Waals surface area contributed by atoms with Gasteiger partial charge in [-0.15, -0.1) is 0 Å². The highest BCUT2D eigenvalue weighted by molar-refractivity contribution is 6.31. The number of piperidine rings is 1. The summed E-state index contributed by atoms with van der Waals surface area (Å²) < 4.78 is 5.30. The van der Waals surface area contributed by atoms with Crippen LogP contribution in [0, 0.1) is 6.92 Å². The Balaban J connectivity index is 1.62. The second kappa shape index (κ2) is 11.3. The number of rotatable bonds is 7. The molecule has 3 rings (SSSR count). The van der Waals surface area contributed by atoms with Crippen LogP contribution in [0.2, 0.25) is 5.02 Å². The van der Waals surface area contributed by atoms with E-state index in [1.54, 1.807) is 49.4 Å². The Kier molecular flexibility index (Phi) is 8.21. The van der Waals surface area contributed by atoms with Crippen LogP contribution in [-0.2, 0) is 19.2 Å². The van der Waals surface area contributed by atoms with Crippen LogP contribution in [-0.4, -0.2) is 41.2 Å². The molecule has 35 heavy (non-hydrogen) atoms. The molecule has 0 aliphatic carbocycles. The first-order chi connectivity index (χ1) is 16.7. The lowest BCUT2D eigenvalue weighted by Gasteiger charge is -2.27. The predicted octanol–water partition coefficient (Wildman–Crippen LogP) is 3.37. The molecule has 1 heterocycles. The maximum atomic E-state index is 12.6. The van der Waals surface area contributed by atoms with Crippen LogP contribution in [0.4, 0.5) is 16.2 Å². The van der Waals surface area contributed by atoms with E-state index in [2.05, 4.69) is 16.0 Å². The first-order valence-corrected chi connectivity index (χ1v) is 11.0. The highest BCUT2D eigenvalue weighted by Gasteiger charge is 2.33.